The van der Waals surface area contributed by atoms with E-state index in [1.807, 2.05) is 0 Å². The van der Waals surface area contributed by atoms with Crippen LogP contribution < -0.4 is 5.32 Å². The molecule has 2 rings (SSSR count). The highest BCUT2D eigenvalue weighted by Gasteiger charge is 2.08. The Morgan fingerprint density at radius 1 is 1.16 bits per heavy atom. The Bertz CT molecular complexity index is 621. The number of nitrogens with one attached hydrogen (secondary N) is 1. The molecule has 0 aliphatic rings. The van der Waals surface area contributed by atoms with Gasteiger partial charge >= 0.3 is 0 Å². The van der Waals surface area contributed by atoms with Crippen LogP contribution in [0.15, 0.2) is 42.5 Å². The molecule has 3 nitrogen and oxygen atoms in total. The average Bonchev–Trinajstić information content (AvgIpc) is 2.42. The standard InChI is InChI=1S/C15H12FNO2/c1-10-8-12(4-7-14(10)16)15(19)17-13-5-2-11(9-18)3-6-13/h2-9H,1H3,(H,17,19). The minimum Gasteiger partial charge on any atom is -0.322 e. The highest BCUT2D eigenvalue weighted by atomic mass is 19.1. The fraction of sp³-hybridized carbons (Fsp3) is 0.0667. The molecule has 0 fully saturated rings. The highest BCUT2D eigenvalue weighted by Crippen LogP contribution is 2.13. The predicted octanol–water partition coefficient (Wildman–Crippen LogP) is 3.20. The van der Waals surface area contributed by atoms with Crippen molar-refractivity contribution in [3.63, 3.8) is 0 Å². The largest absolute Gasteiger partial charge is 0.322 e. The molecule has 0 saturated heterocycles. The third-order valence-corrected chi connectivity index (χ3v) is 2.72. The van der Waals surface area contributed by atoms with Crippen molar-refractivity contribution >= 4 is 17.9 Å². The van der Waals surface area contributed by atoms with E-state index in [1.54, 1.807) is 31.2 Å². The Morgan fingerprint density at radius 2 is 1.84 bits per heavy atom. The summed E-state index contributed by atoms with van der Waals surface area (Å²) < 4.78 is 13.1. The van der Waals surface area contributed by atoms with Crippen molar-refractivity contribution in [2.24, 2.45) is 0 Å². The van der Waals surface area contributed by atoms with E-state index in [-0.39, 0.29) is 11.7 Å². The lowest BCUT2D eigenvalue weighted by Crippen LogP contribution is -2.12. The summed E-state index contributed by atoms with van der Waals surface area (Å²) in [5.41, 5.74) is 1.93. The first-order chi connectivity index (χ1) is 9.10. The molecular weight excluding hydrogens is 245 g/mol. The number of hydrogen-bond acceptors (Lipinski definition) is 2. The zero-order valence-corrected chi connectivity index (χ0v) is 10.3. The number of hydrogen-bond donors (Lipinski definition) is 1. The van der Waals surface area contributed by atoms with Crippen molar-refractivity contribution in [1.29, 1.82) is 0 Å². The van der Waals surface area contributed by atoms with Crippen LogP contribution in [0.25, 0.3) is 0 Å². The van der Waals surface area contributed by atoms with Crippen LogP contribution in [0.3, 0.4) is 0 Å². The molecule has 1 amide bonds. The van der Waals surface area contributed by atoms with Crippen molar-refractivity contribution in [2.45, 2.75) is 6.92 Å². The minimum absolute atomic E-state index is 0.318. The van der Waals surface area contributed by atoms with Gasteiger partial charge in [-0.15, -0.1) is 0 Å². The van der Waals surface area contributed by atoms with Gasteiger partial charge in [0, 0.05) is 16.8 Å². The van der Waals surface area contributed by atoms with E-state index in [0.717, 1.165) is 6.29 Å². The smallest absolute Gasteiger partial charge is 0.255 e. The van der Waals surface area contributed by atoms with Gasteiger partial charge < -0.3 is 5.32 Å². The average molecular weight is 257 g/mol. The molecule has 4 heteroatoms. The fourth-order valence-corrected chi connectivity index (χ4v) is 1.63. The maximum atomic E-state index is 13.1. The van der Waals surface area contributed by atoms with Gasteiger partial charge in [0.2, 0.25) is 0 Å². The van der Waals surface area contributed by atoms with Crippen LogP contribution in [0, 0.1) is 12.7 Å². The van der Waals surface area contributed by atoms with Gasteiger partial charge in [0.1, 0.15) is 12.1 Å². The van der Waals surface area contributed by atoms with Crippen molar-refractivity contribution in [2.75, 3.05) is 5.32 Å². The first-order valence-corrected chi connectivity index (χ1v) is 5.73. The molecule has 0 atom stereocenters. The number of amides is 1. The monoisotopic (exact) mass is 257 g/mol. The minimum atomic E-state index is -0.341. The van der Waals surface area contributed by atoms with Gasteiger partial charge in [-0.05, 0) is 55.0 Å². The first kappa shape index (κ1) is 13.0. The Balaban J connectivity index is 2.15. The number of anilines is 1. The number of carbonyl (C=O) groups excluding carboxylic acids is 2. The highest BCUT2D eigenvalue weighted by molar-refractivity contribution is 6.04. The van der Waals surface area contributed by atoms with E-state index in [1.165, 1.54) is 18.2 Å². The number of halogens is 1. The van der Waals surface area contributed by atoms with Crippen LogP contribution in [0.5, 0.6) is 0 Å². The second-order valence-electron chi connectivity index (χ2n) is 4.16. The summed E-state index contributed by atoms with van der Waals surface area (Å²) >= 11 is 0. The second kappa shape index (κ2) is 5.44. The molecule has 1 N–H and O–H groups in total. The number of aldehydes is 1. The van der Waals surface area contributed by atoms with Gasteiger partial charge in [-0.3, -0.25) is 9.59 Å². The van der Waals surface area contributed by atoms with E-state index < -0.39 is 0 Å². The quantitative estimate of drug-likeness (QED) is 0.858. The maximum absolute atomic E-state index is 13.1. The zero-order valence-electron chi connectivity index (χ0n) is 10.3. The molecule has 0 radical (unpaired) electrons. The summed E-state index contributed by atoms with van der Waals surface area (Å²) in [7, 11) is 0. The fourth-order valence-electron chi connectivity index (χ4n) is 1.63. The lowest BCUT2D eigenvalue weighted by molar-refractivity contribution is 0.102. The Kier molecular flexibility index (Phi) is 3.71. The van der Waals surface area contributed by atoms with Crippen LogP contribution >= 0.6 is 0 Å². The van der Waals surface area contributed by atoms with Crippen LogP contribution in [0.1, 0.15) is 26.3 Å². The second-order valence-corrected chi connectivity index (χ2v) is 4.16. The van der Waals surface area contributed by atoms with Gasteiger partial charge in [0.05, 0.1) is 0 Å². The summed E-state index contributed by atoms with van der Waals surface area (Å²) in [5.74, 6) is -0.658. The Morgan fingerprint density at radius 3 is 2.42 bits per heavy atom. The van der Waals surface area contributed by atoms with Crippen molar-refractivity contribution in [3.8, 4) is 0 Å². The Hall–Kier alpha value is -2.49. The summed E-state index contributed by atoms with van der Waals surface area (Å²) in [6, 6.07) is 10.7. The van der Waals surface area contributed by atoms with Crippen molar-refractivity contribution < 1.29 is 14.0 Å². The van der Waals surface area contributed by atoms with Crippen molar-refractivity contribution in [3.05, 3.63) is 65.0 Å². The number of benzene rings is 2. The van der Waals surface area contributed by atoms with E-state index in [2.05, 4.69) is 5.32 Å². The van der Waals surface area contributed by atoms with Gasteiger partial charge in [0.25, 0.3) is 5.91 Å². The van der Waals surface area contributed by atoms with Crippen molar-refractivity contribution in [1.82, 2.24) is 0 Å². The molecule has 0 aliphatic heterocycles. The van der Waals surface area contributed by atoms with Gasteiger partial charge in [-0.2, -0.15) is 0 Å². The molecule has 0 unspecified atom stereocenters. The summed E-state index contributed by atoms with van der Waals surface area (Å²) in [5, 5.41) is 2.68. The molecule has 0 spiro atoms. The summed E-state index contributed by atoms with van der Waals surface area (Å²) in [4.78, 5) is 22.4. The van der Waals surface area contributed by atoms with Gasteiger partial charge in [-0.25, -0.2) is 4.39 Å². The maximum Gasteiger partial charge on any atom is 0.255 e. The Labute approximate surface area is 110 Å². The molecule has 2 aromatic carbocycles. The SMILES string of the molecule is Cc1cc(C(=O)Nc2ccc(C=O)cc2)ccc1F. The third-order valence-electron chi connectivity index (χ3n) is 2.72. The number of carbonyl (C=O) groups is 2. The molecule has 0 heterocycles. The summed E-state index contributed by atoms with van der Waals surface area (Å²) in [6.07, 6.45) is 0.731. The molecule has 0 aromatic heterocycles. The molecule has 2 aromatic rings. The molecule has 0 saturated carbocycles. The zero-order chi connectivity index (χ0) is 13.8. The van der Waals surface area contributed by atoms with Crippen LogP contribution in [-0.4, -0.2) is 12.2 Å². The molecule has 0 aliphatic carbocycles. The van der Waals surface area contributed by atoms with E-state index in [0.29, 0.717) is 22.4 Å². The molecule has 0 bridgehead atoms. The predicted molar refractivity (Wildman–Crippen MR) is 70.9 cm³/mol. The first-order valence-electron chi connectivity index (χ1n) is 5.73. The van der Waals surface area contributed by atoms with Crippen LogP contribution in [0.2, 0.25) is 0 Å². The molecule has 96 valence electrons. The van der Waals surface area contributed by atoms with Gasteiger partial charge in [0.15, 0.2) is 0 Å². The van der Waals surface area contributed by atoms with E-state index >= 15 is 0 Å². The normalized spacial score (nSPS) is 10.0. The van der Waals surface area contributed by atoms with Gasteiger partial charge in [-0.1, -0.05) is 0 Å². The van der Waals surface area contributed by atoms with E-state index in [4.69, 9.17) is 0 Å². The van der Waals surface area contributed by atoms with Crippen LogP contribution in [0.4, 0.5) is 10.1 Å². The third kappa shape index (κ3) is 3.04. The topological polar surface area (TPSA) is 46.2 Å². The molecular formula is C15H12FNO2. The number of aryl methyl sites for hydroxylation is 1. The lowest BCUT2D eigenvalue weighted by Gasteiger charge is -2.06. The lowest BCUT2D eigenvalue weighted by atomic mass is 10.1. The number of rotatable bonds is 3. The van der Waals surface area contributed by atoms with E-state index in [9.17, 15) is 14.0 Å². The summed E-state index contributed by atoms with van der Waals surface area (Å²) in [6.45, 7) is 1.60. The van der Waals surface area contributed by atoms with Crippen LogP contribution in [-0.2, 0) is 0 Å². The molecule has 19 heavy (non-hydrogen) atoms.